The monoisotopic (exact) mass is 290 g/mol. The van der Waals surface area contributed by atoms with E-state index >= 15 is 0 Å². The van der Waals surface area contributed by atoms with E-state index in [1.807, 2.05) is 13.8 Å². The van der Waals surface area contributed by atoms with Crippen LogP contribution < -0.4 is 9.47 Å². The summed E-state index contributed by atoms with van der Waals surface area (Å²) in [5.41, 5.74) is 0.721. The van der Waals surface area contributed by atoms with Crippen molar-refractivity contribution in [1.29, 1.82) is 0 Å². The first-order valence-corrected chi connectivity index (χ1v) is 6.59. The van der Waals surface area contributed by atoms with Gasteiger partial charge in [-0.1, -0.05) is 0 Å². The number of methoxy groups -OCH3 is 1. The van der Waals surface area contributed by atoms with Crippen molar-refractivity contribution in [2.75, 3.05) is 7.11 Å². The van der Waals surface area contributed by atoms with Crippen molar-refractivity contribution in [1.82, 2.24) is 9.55 Å². The number of carboxylic acids is 1. The minimum absolute atomic E-state index is 0.00642. The zero-order chi connectivity index (χ0) is 15.4. The van der Waals surface area contributed by atoms with Crippen molar-refractivity contribution in [3.05, 3.63) is 42.0 Å². The van der Waals surface area contributed by atoms with Gasteiger partial charge in [-0.15, -0.1) is 0 Å². The molecular formula is C15H18N2O4. The number of rotatable bonds is 6. The number of carboxylic acid groups (broad SMARTS) is 1. The van der Waals surface area contributed by atoms with Crippen LogP contribution in [0.5, 0.6) is 11.5 Å². The van der Waals surface area contributed by atoms with Gasteiger partial charge in [-0.25, -0.2) is 9.78 Å². The maximum atomic E-state index is 11.1. The third kappa shape index (κ3) is 3.34. The zero-order valence-corrected chi connectivity index (χ0v) is 12.2. The second-order valence-corrected chi connectivity index (χ2v) is 4.81. The third-order valence-corrected chi connectivity index (χ3v) is 3.03. The van der Waals surface area contributed by atoms with Gasteiger partial charge in [0.25, 0.3) is 0 Å². The predicted octanol–water partition coefficient (Wildman–Crippen LogP) is 2.75. The average Bonchev–Trinajstić information content (AvgIpc) is 2.90. The molecule has 0 radical (unpaired) electrons. The van der Waals surface area contributed by atoms with E-state index in [1.54, 1.807) is 35.9 Å². The normalized spacial score (nSPS) is 10.7. The summed E-state index contributed by atoms with van der Waals surface area (Å²) in [5.74, 6) is 0.421. The van der Waals surface area contributed by atoms with Gasteiger partial charge in [0, 0.05) is 6.04 Å². The Labute approximate surface area is 122 Å². The molecule has 2 aromatic rings. The fourth-order valence-corrected chi connectivity index (χ4v) is 2.07. The van der Waals surface area contributed by atoms with Crippen LogP contribution in [0.3, 0.4) is 0 Å². The molecule has 0 amide bonds. The van der Waals surface area contributed by atoms with Crippen LogP contribution in [0.25, 0.3) is 0 Å². The Balaban J connectivity index is 2.14. The molecule has 0 saturated heterocycles. The second-order valence-electron chi connectivity index (χ2n) is 4.81. The quantitative estimate of drug-likeness (QED) is 0.885. The van der Waals surface area contributed by atoms with E-state index in [1.165, 1.54) is 6.20 Å². The van der Waals surface area contributed by atoms with E-state index in [2.05, 4.69) is 4.98 Å². The number of aromatic carboxylic acids is 1. The highest BCUT2D eigenvalue weighted by Crippen LogP contribution is 2.20. The van der Waals surface area contributed by atoms with E-state index in [4.69, 9.17) is 14.6 Å². The van der Waals surface area contributed by atoms with E-state index in [0.29, 0.717) is 5.75 Å². The smallest absolute Gasteiger partial charge is 0.372 e. The molecule has 1 heterocycles. The summed E-state index contributed by atoms with van der Waals surface area (Å²) in [4.78, 5) is 15.1. The summed E-state index contributed by atoms with van der Waals surface area (Å²) in [7, 11) is 1.60. The fraction of sp³-hybridized carbons (Fsp3) is 0.333. The van der Waals surface area contributed by atoms with E-state index in [9.17, 15) is 4.79 Å². The highest BCUT2D eigenvalue weighted by Gasteiger charge is 2.18. The lowest BCUT2D eigenvalue weighted by atomic mass is 10.3. The van der Waals surface area contributed by atoms with Crippen molar-refractivity contribution >= 4 is 5.97 Å². The van der Waals surface area contributed by atoms with E-state index in [0.717, 1.165) is 11.4 Å². The van der Waals surface area contributed by atoms with Gasteiger partial charge < -0.3 is 19.1 Å². The zero-order valence-electron chi connectivity index (χ0n) is 12.2. The van der Waals surface area contributed by atoms with Crippen LogP contribution in [0.2, 0.25) is 0 Å². The summed E-state index contributed by atoms with van der Waals surface area (Å²) >= 11 is 0. The van der Waals surface area contributed by atoms with Crippen molar-refractivity contribution in [2.45, 2.75) is 26.5 Å². The molecule has 0 unspecified atom stereocenters. The Bertz CT molecular complexity index is 617. The second kappa shape index (κ2) is 6.30. The van der Waals surface area contributed by atoms with Gasteiger partial charge in [0.05, 0.1) is 19.0 Å². The van der Waals surface area contributed by atoms with Crippen molar-refractivity contribution in [2.24, 2.45) is 0 Å². The number of hydrogen-bond donors (Lipinski definition) is 1. The molecule has 1 aromatic heterocycles. The molecule has 21 heavy (non-hydrogen) atoms. The molecule has 0 aliphatic rings. The van der Waals surface area contributed by atoms with E-state index < -0.39 is 5.97 Å². The van der Waals surface area contributed by atoms with Crippen LogP contribution in [0.1, 0.15) is 36.2 Å². The van der Waals surface area contributed by atoms with Crippen molar-refractivity contribution < 1.29 is 19.4 Å². The summed E-state index contributed by atoms with van der Waals surface area (Å²) in [6.07, 6.45) is 1.53. The van der Waals surface area contributed by atoms with Crippen LogP contribution in [-0.4, -0.2) is 27.7 Å². The molecule has 2 rings (SSSR count). The predicted molar refractivity (Wildman–Crippen MR) is 76.9 cm³/mol. The number of carbonyl (C=O) groups is 1. The molecule has 1 aromatic carbocycles. The molecule has 6 heteroatoms. The molecule has 0 aliphatic heterocycles. The third-order valence-electron chi connectivity index (χ3n) is 3.03. The summed E-state index contributed by atoms with van der Waals surface area (Å²) < 4.78 is 12.4. The van der Waals surface area contributed by atoms with Crippen LogP contribution in [0, 0.1) is 0 Å². The van der Waals surface area contributed by atoms with Crippen LogP contribution in [0.15, 0.2) is 30.5 Å². The number of hydrogen-bond acceptors (Lipinski definition) is 4. The Morgan fingerprint density at radius 3 is 2.43 bits per heavy atom. The van der Waals surface area contributed by atoms with Crippen LogP contribution in [0.4, 0.5) is 0 Å². The van der Waals surface area contributed by atoms with Gasteiger partial charge in [-0.2, -0.15) is 0 Å². The number of nitrogens with zero attached hydrogens (tertiary/aromatic N) is 2. The van der Waals surface area contributed by atoms with Crippen LogP contribution in [-0.2, 0) is 6.61 Å². The van der Waals surface area contributed by atoms with Gasteiger partial charge in [0.1, 0.15) is 18.1 Å². The number of imidazole rings is 1. The molecule has 6 nitrogen and oxygen atoms in total. The SMILES string of the molecule is COc1ccc(OCc2cnc(C(=O)O)n2C(C)C)cc1. The van der Waals surface area contributed by atoms with Gasteiger partial charge in [0.2, 0.25) is 5.82 Å². The Morgan fingerprint density at radius 2 is 1.90 bits per heavy atom. The Hall–Kier alpha value is -2.50. The number of ether oxygens (including phenoxy) is 2. The van der Waals surface area contributed by atoms with E-state index in [-0.39, 0.29) is 18.5 Å². The molecule has 0 fully saturated rings. The van der Waals surface area contributed by atoms with Gasteiger partial charge >= 0.3 is 5.97 Å². The molecule has 0 spiro atoms. The average molecular weight is 290 g/mol. The Kier molecular flexibility index (Phi) is 4.47. The molecule has 112 valence electrons. The topological polar surface area (TPSA) is 73.6 Å². The standard InChI is InChI=1S/C15H18N2O4/c1-10(2)17-11(8-16-14(17)15(18)19)9-21-13-6-4-12(20-3)5-7-13/h4-8,10H,9H2,1-3H3,(H,18,19). The number of benzene rings is 1. The lowest BCUT2D eigenvalue weighted by Gasteiger charge is -2.14. The summed E-state index contributed by atoms with van der Waals surface area (Å²) in [6, 6.07) is 7.20. The first kappa shape index (κ1) is 14.9. The first-order chi connectivity index (χ1) is 10.0. The summed E-state index contributed by atoms with van der Waals surface area (Å²) in [5, 5.41) is 9.13. The Morgan fingerprint density at radius 1 is 1.29 bits per heavy atom. The lowest BCUT2D eigenvalue weighted by molar-refractivity contribution is 0.0675. The lowest BCUT2D eigenvalue weighted by Crippen LogP contribution is -2.15. The van der Waals surface area contributed by atoms with Crippen molar-refractivity contribution in [3.8, 4) is 11.5 Å². The van der Waals surface area contributed by atoms with Crippen molar-refractivity contribution in [3.63, 3.8) is 0 Å². The minimum Gasteiger partial charge on any atom is -0.497 e. The molecule has 0 atom stereocenters. The molecule has 1 N–H and O–H groups in total. The fourth-order valence-electron chi connectivity index (χ4n) is 2.07. The highest BCUT2D eigenvalue weighted by molar-refractivity contribution is 5.83. The largest absolute Gasteiger partial charge is 0.497 e. The number of aromatic nitrogens is 2. The van der Waals surface area contributed by atoms with Gasteiger partial charge in [0.15, 0.2) is 0 Å². The maximum Gasteiger partial charge on any atom is 0.372 e. The maximum absolute atomic E-state index is 11.1. The summed E-state index contributed by atoms with van der Waals surface area (Å²) in [6.45, 7) is 4.07. The minimum atomic E-state index is -1.04. The van der Waals surface area contributed by atoms with Gasteiger partial charge in [-0.3, -0.25) is 0 Å². The molecule has 0 saturated carbocycles. The van der Waals surface area contributed by atoms with Gasteiger partial charge in [-0.05, 0) is 38.1 Å². The first-order valence-electron chi connectivity index (χ1n) is 6.59. The molecule has 0 bridgehead atoms. The highest BCUT2D eigenvalue weighted by atomic mass is 16.5. The van der Waals surface area contributed by atoms with Crippen LogP contribution >= 0.6 is 0 Å². The molecule has 0 aliphatic carbocycles. The molecular weight excluding hydrogens is 272 g/mol.